The summed E-state index contributed by atoms with van der Waals surface area (Å²) < 4.78 is 24.6. The second-order valence-electron chi connectivity index (χ2n) is 7.95. The molecule has 7 heteroatoms. The van der Waals surface area contributed by atoms with Gasteiger partial charge in [-0.25, -0.2) is 4.39 Å². The molecule has 1 N–H and O–H groups in total. The van der Waals surface area contributed by atoms with Gasteiger partial charge in [0.2, 0.25) is 5.91 Å². The van der Waals surface area contributed by atoms with Gasteiger partial charge in [0, 0.05) is 5.69 Å². The molecular weight excluding hydrogens is 423 g/mol. The minimum atomic E-state index is -0.615. The highest BCUT2D eigenvalue weighted by atomic mass is 19.1. The lowest BCUT2D eigenvalue weighted by Gasteiger charge is -2.33. The van der Waals surface area contributed by atoms with E-state index in [2.05, 4.69) is 5.32 Å². The normalized spacial score (nSPS) is 14.9. The summed E-state index contributed by atoms with van der Waals surface area (Å²) >= 11 is 0. The first-order chi connectivity index (χ1) is 15.9. The number of amides is 2. The predicted octanol–water partition coefficient (Wildman–Crippen LogP) is 4.51. The summed E-state index contributed by atoms with van der Waals surface area (Å²) in [6.45, 7) is 4.35. The van der Waals surface area contributed by atoms with Crippen LogP contribution in [-0.4, -0.2) is 31.1 Å². The zero-order valence-electron chi connectivity index (χ0n) is 18.5. The number of carbonyl (C=O) groups is 2. The van der Waals surface area contributed by atoms with Gasteiger partial charge in [-0.3, -0.25) is 9.59 Å². The summed E-state index contributed by atoms with van der Waals surface area (Å²) in [6, 6.07) is 18.7. The summed E-state index contributed by atoms with van der Waals surface area (Å²) in [5.41, 5.74) is 2.96. The maximum Gasteiger partial charge on any atom is 0.267 e. The quantitative estimate of drug-likeness (QED) is 0.578. The van der Waals surface area contributed by atoms with Crippen molar-refractivity contribution in [1.82, 2.24) is 0 Å². The van der Waals surface area contributed by atoms with E-state index in [1.54, 1.807) is 42.2 Å². The fraction of sp³-hybridized carbons (Fsp3) is 0.231. The van der Waals surface area contributed by atoms with Crippen LogP contribution in [0, 0.1) is 12.7 Å². The summed E-state index contributed by atoms with van der Waals surface area (Å²) in [5, 5.41) is 2.83. The van der Waals surface area contributed by atoms with E-state index in [0.29, 0.717) is 35.8 Å². The topological polar surface area (TPSA) is 67.9 Å². The third kappa shape index (κ3) is 5.49. The Hall–Kier alpha value is -3.87. The molecule has 1 aliphatic rings. The molecule has 0 bridgehead atoms. The minimum absolute atomic E-state index is 0.109. The molecule has 170 valence electrons. The third-order valence-corrected chi connectivity index (χ3v) is 5.33. The Labute approximate surface area is 191 Å². The predicted molar refractivity (Wildman–Crippen MR) is 124 cm³/mol. The van der Waals surface area contributed by atoms with Crippen molar-refractivity contribution in [2.45, 2.75) is 26.4 Å². The van der Waals surface area contributed by atoms with Crippen molar-refractivity contribution in [3.63, 3.8) is 0 Å². The molecule has 4 rings (SSSR count). The van der Waals surface area contributed by atoms with E-state index in [0.717, 1.165) is 11.3 Å². The molecule has 0 saturated carbocycles. The minimum Gasteiger partial charge on any atom is -0.492 e. The van der Waals surface area contributed by atoms with E-state index in [1.165, 1.54) is 12.1 Å². The number of anilines is 2. The van der Waals surface area contributed by atoms with Gasteiger partial charge < -0.3 is 19.7 Å². The first-order valence-electron chi connectivity index (χ1n) is 10.7. The molecule has 1 heterocycles. The van der Waals surface area contributed by atoms with Crippen LogP contribution in [0.4, 0.5) is 15.8 Å². The van der Waals surface area contributed by atoms with Crippen LogP contribution < -0.4 is 19.7 Å². The van der Waals surface area contributed by atoms with Gasteiger partial charge in [0.15, 0.2) is 6.10 Å². The standard InChI is InChI=1S/C26H25FN2O4/c1-17-3-10-22(11-4-17)32-14-13-29-23-16-21(9-12-24(23)33-18(2)26(29)31)28-25(30)15-19-5-7-20(27)8-6-19/h3-12,16,18H,13-15H2,1-2H3,(H,28,30). The smallest absolute Gasteiger partial charge is 0.267 e. The molecule has 3 aromatic rings. The average molecular weight is 448 g/mol. The first kappa shape index (κ1) is 22.3. The van der Waals surface area contributed by atoms with Crippen molar-refractivity contribution in [3.05, 3.63) is 83.7 Å². The Bertz CT molecular complexity index is 1150. The van der Waals surface area contributed by atoms with Crippen molar-refractivity contribution >= 4 is 23.2 Å². The molecule has 1 unspecified atom stereocenters. The Morgan fingerprint density at radius 2 is 1.82 bits per heavy atom. The second kappa shape index (κ2) is 9.73. The number of nitrogens with zero attached hydrogens (tertiary/aromatic N) is 1. The zero-order chi connectivity index (χ0) is 23.4. The van der Waals surface area contributed by atoms with Gasteiger partial charge in [0.1, 0.15) is 23.9 Å². The largest absolute Gasteiger partial charge is 0.492 e. The summed E-state index contributed by atoms with van der Waals surface area (Å²) in [6.07, 6.45) is -0.506. The van der Waals surface area contributed by atoms with Gasteiger partial charge in [-0.2, -0.15) is 0 Å². The Morgan fingerprint density at radius 3 is 2.55 bits per heavy atom. The highest BCUT2D eigenvalue weighted by molar-refractivity contribution is 6.01. The van der Waals surface area contributed by atoms with Gasteiger partial charge in [0.25, 0.3) is 5.91 Å². The van der Waals surface area contributed by atoms with E-state index in [4.69, 9.17) is 9.47 Å². The number of benzene rings is 3. The van der Waals surface area contributed by atoms with Crippen LogP contribution in [-0.2, 0) is 16.0 Å². The number of halogens is 1. The summed E-state index contributed by atoms with van der Waals surface area (Å²) in [5.74, 6) is 0.529. The van der Waals surface area contributed by atoms with Crippen LogP contribution in [0.1, 0.15) is 18.1 Å². The van der Waals surface area contributed by atoms with Crippen LogP contribution in [0.2, 0.25) is 0 Å². The van der Waals surface area contributed by atoms with Crippen molar-refractivity contribution in [3.8, 4) is 11.5 Å². The number of aryl methyl sites for hydroxylation is 1. The number of hydrogen-bond donors (Lipinski definition) is 1. The third-order valence-electron chi connectivity index (χ3n) is 5.33. The van der Waals surface area contributed by atoms with Crippen LogP contribution in [0.25, 0.3) is 0 Å². The van der Waals surface area contributed by atoms with Crippen molar-refractivity contribution < 1.29 is 23.5 Å². The van der Waals surface area contributed by atoms with Gasteiger partial charge in [-0.15, -0.1) is 0 Å². The van der Waals surface area contributed by atoms with Gasteiger partial charge >= 0.3 is 0 Å². The van der Waals surface area contributed by atoms with E-state index >= 15 is 0 Å². The maximum absolute atomic E-state index is 13.1. The van der Waals surface area contributed by atoms with Crippen molar-refractivity contribution in [2.75, 3.05) is 23.4 Å². The zero-order valence-corrected chi connectivity index (χ0v) is 18.5. The molecule has 1 aliphatic heterocycles. The van der Waals surface area contributed by atoms with E-state index in [9.17, 15) is 14.0 Å². The fourth-order valence-corrected chi connectivity index (χ4v) is 3.60. The van der Waals surface area contributed by atoms with Crippen LogP contribution in [0.15, 0.2) is 66.7 Å². The highest BCUT2D eigenvalue weighted by Gasteiger charge is 2.31. The maximum atomic E-state index is 13.1. The second-order valence-corrected chi connectivity index (χ2v) is 7.95. The Morgan fingerprint density at radius 1 is 1.09 bits per heavy atom. The van der Waals surface area contributed by atoms with Crippen LogP contribution >= 0.6 is 0 Å². The van der Waals surface area contributed by atoms with E-state index in [1.807, 2.05) is 31.2 Å². The fourth-order valence-electron chi connectivity index (χ4n) is 3.60. The molecule has 3 aromatic carbocycles. The molecule has 0 fully saturated rings. The van der Waals surface area contributed by atoms with Crippen LogP contribution in [0.5, 0.6) is 11.5 Å². The molecule has 0 spiro atoms. The van der Waals surface area contributed by atoms with Gasteiger partial charge in [-0.1, -0.05) is 29.8 Å². The first-order valence-corrected chi connectivity index (χ1v) is 10.7. The highest BCUT2D eigenvalue weighted by Crippen LogP contribution is 2.36. The number of ether oxygens (including phenoxy) is 2. The molecule has 33 heavy (non-hydrogen) atoms. The Balaban J connectivity index is 1.45. The summed E-state index contributed by atoms with van der Waals surface area (Å²) in [4.78, 5) is 26.9. The molecule has 0 radical (unpaired) electrons. The monoisotopic (exact) mass is 448 g/mol. The van der Waals surface area contributed by atoms with E-state index < -0.39 is 6.10 Å². The molecule has 0 aromatic heterocycles. The van der Waals surface area contributed by atoms with Crippen molar-refractivity contribution in [1.29, 1.82) is 0 Å². The van der Waals surface area contributed by atoms with Gasteiger partial charge in [0.05, 0.1) is 18.7 Å². The van der Waals surface area contributed by atoms with Crippen molar-refractivity contribution in [2.24, 2.45) is 0 Å². The SMILES string of the molecule is Cc1ccc(OCCN2C(=O)C(C)Oc3ccc(NC(=O)Cc4ccc(F)cc4)cc32)cc1. The number of nitrogens with one attached hydrogen (secondary N) is 1. The average Bonchev–Trinajstić information content (AvgIpc) is 2.79. The van der Waals surface area contributed by atoms with Gasteiger partial charge in [-0.05, 0) is 61.9 Å². The number of rotatable bonds is 7. The molecule has 1 atom stereocenters. The van der Waals surface area contributed by atoms with E-state index in [-0.39, 0.29) is 24.1 Å². The number of carbonyl (C=O) groups excluding carboxylic acids is 2. The molecule has 0 aliphatic carbocycles. The molecular formula is C26H25FN2O4. The summed E-state index contributed by atoms with van der Waals surface area (Å²) in [7, 11) is 0. The lowest BCUT2D eigenvalue weighted by Crippen LogP contribution is -2.46. The Kier molecular flexibility index (Phi) is 6.58. The van der Waals surface area contributed by atoms with Crippen LogP contribution in [0.3, 0.4) is 0 Å². The lowest BCUT2D eigenvalue weighted by molar-refractivity contribution is -0.125. The number of fused-ring (bicyclic) bond motifs is 1. The number of hydrogen-bond acceptors (Lipinski definition) is 4. The molecule has 2 amide bonds. The molecule has 0 saturated heterocycles. The lowest BCUT2D eigenvalue weighted by atomic mass is 10.1. The molecule has 6 nitrogen and oxygen atoms in total.